The van der Waals surface area contributed by atoms with Gasteiger partial charge in [0.2, 0.25) is 0 Å². The van der Waals surface area contributed by atoms with Crippen LogP contribution < -0.4 is 0 Å². The highest BCUT2D eigenvalue weighted by Crippen LogP contribution is 2.13. The summed E-state index contributed by atoms with van der Waals surface area (Å²) >= 11 is 0. The van der Waals surface area contributed by atoms with Gasteiger partial charge in [-0.3, -0.25) is 9.69 Å². The number of nitrogens with zero attached hydrogens (tertiary/aromatic N) is 2. The van der Waals surface area contributed by atoms with Crippen LogP contribution in [0, 0.1) is 13.8 Å². The van der Waals surface area contributed by atoms with E-state index in [-0.39, 0.29) is 5.78 Å². The van der Waals surface area contributed by atoms with Crippen LogP contribution in [0.2, 0.25) is 0 Å². The van der Waals surface area contributed by atoms with Gasteiger partial charge in [-0.2, -0.15) is 0 Å². The molecule has 2 rings (SSSR count). The van der Waals surface area contributed by atoms with E-state index >= 15 is 0 Å². The Labute approximate surface area is 122 Å². The lowest BCUT2D eigenvalue weighted by Gasteiger charge is -2.38. The number of Topliss-reactive ketones (excluding diaryl/α,β-unsaturated/α-hetero) is 1. The van der Waals surface area contributed by atoms with Crippen molar-refractivity contribution in [2.75, 3.05) is 33.2 Å². The van der Waals surface area contributed by atoms with Gasteiger partial charge in [-0.05, 0) is 40.0 Å². The molecule has 1 aromatic rings. The van der Waals surface area contributed by atoms with Crippen LogP contribution in [0.3, 0.4) is 0 Å². The summed E-state index contributed by atoms with van der Waals surface area (Å²) in [5.74, 6) is 0.267. The standard InChI is InChI=1S/C17H26N2O/c1-13-9-14(2)11-16(10-13)17(20)5-6-19-8-7-18(4)12-15(19)3/h9-11,15H,5-8,12H2,1-4H3. The van der Waals surface area contributed by atoms with Crippen LogP contribution in [0.4, 0.5) is 0 Å². The summed E-state index contributed by atoms with van der Waals surface area (Å²) in [4.78, 5) is 17.1. The van der Waals surface area contributed by atoms with Crippen molar-refractivity contribution in [1.29, 1.82) is 0 Å². The minimum Gasteiger partial charge on any atom is -0.304 e. The molecule has 0 bridgehead atoms. The summed E-state index contributed by atoms with van der Waals surface area (Å²) in [6.45, 7) is 10.5. The molecule has 1 heterocycles. The van der Waals surface area contributed by atoms with E-state index in [0.29, 0.717) is 12.5 Å². The number of ketones is 1. The average molecular weight is 274 g/mol. The zero-order chi connectivity index (χ0) is 14.7. The molecule has 0 amide bonds. The predicted molar refractivity (Wildman–Crippen MR) is 83.4 cm³/mol. The minimum atomic E-state index is 0.267. The van der Waals surface area contributed by atoms with Crippen molar-refractivity contribution in [3.05, 3.63) is 34.9 Å². The summed E-state index contributed by atoms with van der Waals surface area (Å²) in [5.41, 5.74) is 3.20. The molecular formula is C17H26N2O. The first kappa shape index (κ1) is 15.2. The van der Waals surface area contributed by atoms with Gasteiger partial charge in [-0.1, -0.05) is 17.2 Å². The number of carbonyl (C=O) groups excluding carboxylic acids is 1. The van der Waals surface area contributed by atoms with Gasteiger partial charge in [0.1, 0.15) is 0 Å². The van der Waals surface area contributed by atoms with E-state index in [1.165, 1.54) is 11.1 Å². The number of hydrogen-bond acceptors (Lipinski definition) is 3. The summed E-state index contributed by atoms with van der Waals surface area (Å²) in [6.07, 6.45) is 0.622. The molecule has 3 nitrogen and oxygen atoms in total. The molecule has 1 aromatic carbocycles. The second-order valence-corrected chi connectivity index (χ2v) is 6.20. The van der Waals surface area contributed by atoms with Gasteiger partial charge < -0.3 is 4.90 Å². The van der Waals surface area contributed by atoms with E-state index in [1.54, 1.807) is 0 Å². The first-order chi connectivity index (χ1) is 9.45. The fourth-order valence-electron chi connectivity index (χ4n) is 3.03. The normalized spacial score (nSPS) is 21.1. The summed E-state index contributed by atoms with van der Waals surface area (Å²) in [7, 11) is 2.16. The van der Waals surface area contributed by atoms with E-state index in [0.717, 1.165) is 31.7 Å². The topological polar surface area (TPSA) is 23.6 Å². The van der Waals surface area contributed by atoms with Gasteiger partial charge in [0.15, 0.2) is 5.78 Å². The van der Waals surface area contributed by atoms with Crippen molar-refractivity contribution < 1.29 is 4.79 Å². The summed E-state index contributed by atoms with van der Waals surface area (Å²) < 4.78 is 0. The Hall–Kier alpha value is -1.19. The van der Waals surface area contributed by atoms with Crippen molar-refractivity contribution in [3.63, 3.8) is 0 Å². The summed E-state index contributed by atoms with van der Waals surface area (Å²) in [6, 6.07) is 6.66. The number of rotatable bonds is 4. The van der Waals surface area contributed by atoms with Crippen molar-refractivity contribution >= 4 is 5.78 Å². The lowest BCUT2D eigenvalue weighted by Crippen LogP contribution is -2.50. The van der Waals surface area contributed by atoms with Crippen LogP contribution in [0.5, 0.6) is 0 Å². The molecule has 1 atom stereocenters. The molecule has 1 fully saturated rings. The van der Waals surface area contributed by atoms with Crippen molar-refractivity contribution in [2.24, 2.45) is 0 Å². The van der Waals surface area contributed by atoms with Crippen molar-refractivity contribution in [2.45, 2.75) is 33.2 Å². The third-order valence-corrected chi connectivity index (χ3v) is 4.14. The zero-order valence-corrected chi connectivity index (χ0v) is 13.1. The monoisotopic (exact) mass is 274 g/mol. The van der Waals surface area contributed by atoms with Gasteiger partial charge in [0, 0.05) is 44.2 Å². The molecule has 0 saturated carbocycles. The minimum absolute atomic E-state index is 0.267. The number of likely N-dealkylation sites (N-methyl/N-ethyl adjacent to an activating group) is 1. The Balaban J connectivity index is 1.92. The molecule has 0 radical (unpaired) electrons. The molecule has 1 saturated heterocycles. The SMILES string of the molecule is Cc1cc(C)cc(C(=O)CCN2CCN(C)CC2C)c1. The molecule has 1 unspecified atom stereocenters. The van der Waals surface area contributed by atoms with Crippen LogP contribution in [0.15, 0.2) is 18.2 Å². The summed E-state index contributed by atoms with van der Waals surface area (Å²) in [5, 5.41) is 0. The number of aryl methyl sites for hydroxylation is 2. The molecule has 110 valence electrons. The fourth-order valence-corrected chi connectivity index (χ4v) is 3.03. The Morgan fingerprint density at radius 1 is 1.20 bits per heavy atom. The van der Waals surface area contributed by atoms with Crippen LogP contribution in [0.25, 0.3) is 0 Å². The van der Waals surface area contributed by atoms with Crippen LogP contribution in [-0.4, -0.2) is 54.9 Å². The van der Waals surface area contributed by atoms with Gasteiger partial charge in [0.25, 0.3) is 0 Å². The number of hydrogen-bond donors (Lipinski definition) is 0. The molecule has 0 aliphatic carbocycles. The van der Waals surface area contributed by atoms with Gasteiger partial charge in [0.05, 0.1) is 0 Å². The van der Waals surface area contributed by atoms with E-state index in [1.807, 2.05) is 26.0 Å². The predicted octanol–water partition coefficient (Wildman–Crippen LogP) is 2.51. The van der Waals surface area contributed by atoms with Gasteiger partial charge in [-0.25, -0.2) is 0 Å². The third kappa shape index (κ3) is 3.90. The lowest BCUT2D eigenvalue weighted by atomic mass is 10.0. The molecular weight excluding hydrogens is 248 g/mol. The second-order valence-electron chi connectivity index (χ2n) is 6.20. The van der Waals surface area contributed by atoms with E-state index in [2.05, 4.69) is 29.8 Å². The molecule has 0 N–H and O–H groups in total. The highest BCUT2D eigenvalue weighted by atomic mass is 16.1. The van der Waals surface area contributed by atoms with Gasteiger partial charge >= 0.3 is 0 Å². The molecule has 20 heavy (non-hydrogen) atoms. The average Bonchev–Trinajstić information content (AvgIpc) is 2.36. The maximum atomic E-state index is 12.3. The number of benzene rings is 1. The molecule has 1 aliphatic rings. The Morgan fingerprint density at radius 2 is 1.85 bits per heavy atom. The lowest BCUT2D eigenvalue weighted by molar-refractivity contribution is 0.0843. The molecule has 0 spiro atoms. The second kappa shape index (κ2) is 6.51. The van der Waals surface area contributed by atoms with E-state index < -0.39 is 0 Å². The van der Waals surface area contributed by atoms with Crippen molar-refractivity contribution in [3.8, 4) is 0 Å². The van der Waals surface area contributed by atoms with Crippen LogP contribution in [0.1, 0.15) is 34.8 Å². The third-order valence-electron chi connectivity index (χ3n) is 4.14. The van der Waals surface area contributed by atoms with E-state index in [9.17, 15) is 4.79 Å². The zero-order valence-electron chi connectivity index (χ0n) is 13.1. The molecule has 0 aromatic heterocycles. The first-order valence-corrected chi connectivity index (χ1v) is 7.50. The van der Waals surface area contributed by atoms with Crippen LogP contribution in [-0.2, 0) is 0 Å². The molecule has 3 heteroatoms. The maximum absolute atomic E-state index is 12.3. The Bertz CT molecular complexity index is 464. The Kier molecular flexibility index (Phi) is 4.95. The molecule has 1 aliphatic heterocycles. The highest BCUT2D eigenvalue weighted by molar-refractivity contribution is 5.96. The highest BCUT2D eigenvalue weighted by Gasteiger charge is 2.21. The quantitative estimate of drug-likeness (QED) is 0.788. The largest absolute Gasteiger partial charge is 0.304 e. The maximum Gasteiger partial charge on any atom is 0.164 e. The van der Waals surface area contributed by atoms with Crippen molar-refractivity contribution in [1.82, 2.24) is 9.80 Å². The number of carbonyl (C=O) groups is 1. The first-order valence-electron chi connectivity index (χ1n) is 7.50. The Morgan fingerprint density at radius 3 is 2.45 bits per heavy atom. The number of piperazine rings is 1. The van der Waals surface area contributed by atoms with E-state index in [4.69, 9.17) is 0 Å². The van der Waals surface area contributed by atoms with Gasteiger partial charge in [-0.15, -0.1) is 0 Å². The smallest absolute Gasteiger partial charge is 0.164 e. The fraction of sp³-hybridized carbons (Fsp3) is 0.588. The van der Waals surface area contributed by atoms with Crippen LogP contribution >= 0.6 is 0 Å².